The lowest BCUT2D eigenvalue weighted by atomic mass is 9.77. The molecule has 1 amide bonds. The second-order valence-electron chi connectivity index (χ2n) is 10.8. The summed E-state index contributed by atoms with van der Waals surface area (Å²) in [6, 6.07) is 24.5. The van der Waals surface area contributed by atoms with Crippen LogP contribution in [0.5, 0.6) is 0 Å². The highest BCUT2D eigenvalue weighted by molar-refractivity contribution is 8.00. The number of ether oxygens (including phenoxy) is 2. The molecule has 3 aromatic rings. The van der Waals surface area contributed by atoms with Crippen LogP contribution in [0.3, 0.4) is 0 Å². The van der Waals surface area contributed by atoms with Crippen LogP contribution in [0.15, 0.2) is 101 Å². The van der Waals surface area contributed by atoms with Crippen LogP contribution in [0.4, 0.5) is 5.69 Å². The van der Waals surface area contributed by atoms with Crippen LogP contribution in [-0.4, -0.2) is 57.2 Å². The molecule has 0 bridgehead atoms. The Balaban J connectivity index is 1.50. The minimum absolute atomic E-state index is 0.0487. The number of nitro benzene ring substituents is 1. The second-order valence-corrected chi connectivity index (χ2v) is 11.8. The molecule has 3 aromatic carbocycles. The van der Waals surface area contributed by atoms with E-state index in [0.29, 0.717) is 16.9 Å². The molecule has 44 heavy (non-hydrogen) atoms. The van der Waals surface area contributed by atoms with Gasteiger partial charge in [0.15, 0.2) is 11.6 Å². The number of benzene rings is 3. The van der Waals surface area contributed by atoms with E-state index in [1.54, 1.807) is 12.1 Å². The van der Waals surface area contributed by atoms with Crippen LogP contribution in [0.25, 0.3) is 0 Å². The van der Waals surface area contributed by atoms with Crippen molar-refractivity contribution in [3.63, 3.8) is 0 Å². The van der Waals surface area contributed by atoms with Gasteiger partial charge in [0.1, 0.15) is 17.7 Å². The van der Waals surface area contributed by atoms with Crippen molar-refractivity contribution in [3.8, 4) is 0 Å². The summed E-state index contributed by atoms with van der Waals surface area (Å²) in [6.45, 7) is 4.90. The van der Waals surface area contributed by atoms with E-state index in [1.165, 1.54) is 41.9 Å². The molecular weight excluding hydrogens is 582 g/mol. The molecule has 0 N–H and O–H groups in total. The lowest BCUT2D eigenvalue weighted by molar-refractivity contribution is -0.384. The Morgan fingerprint density at radius 2 is 1.64 bits per heavy atom. The number of nitro groups is 1. The number of esters is 2. The number of rotatable bonds is 10. The van der Waals surface area contributed by atoms with Crippen molar-refractivity contribution in [2.24, 2.45) is 10.9 Å². The number of thioether (sulfide) groups is 1. The van der Waals surface area contributed by atoms with Gasteiger partial charge in [-0.05, 0) is 34.7 Å². The third-order valence-corrected chi connectivity index (χ3v) is 9.05. The smallest absolute Gasteiger partial charge is 0.356 e. The van der Waals surface area contributed by atoms with Crippen molar-refractivity contribution in [2.75, 3.05) is 12.4 Å². The van der Waals surface area contributed by atoms with Gasteiger partial charge in [-0.25, -0.2) is 4.79 Å². The summed E-state index contributed by atoms with van der Waals surface area (Å²) >= 11 is 1.43. The first-order valence-corrected chi connectivity index (χ1v) is 15.1. The molecule has 226 valence electrons. The van der Waals surface area contributed by atoms with Gasteiger partial charge in [-0.2, -0.15) is 0 Å². The maximum absolute atomic E-state index is 14.1. The van der Waals surface area contributed by atoms with Crippen molar-refractivity contribution in [2.45, 2.75) is 37.8 Å². The SMILES string of the molecule is CC(=O)OCC1=C(C(=O)OC(c2ccccc2)c2ccccc2)N2C(=O)C(N=Cc3ccc([N+](=O)[O-])cc3)(C(C)C)[C@H]2SC1. The Labute approximate surface area is 258 Å². The first-order chi connectivity index (χ1) is 21.1. The monoisotopic (exact) mass is 613 g/mol. The van der Waals surface area contributed by atoms with Gasteiger partial charge >= 0.3 is 11.9 Å². The predicted molar refractivity (Wildman–Crippen MR) is 166 cm³/mol. The molecule has 0 aliphatic carbocycles. The fourth-order valence-corrected chi connectivity index (χ4v) is 6.94. The van der Waals surface area contributed by atoms with Crippen LogP contribution in [0.2, 0.25) is 0 Å². The topological polar surface area (TPSA) is 128 Å². The Morgan fingerprint density at radius 1 is 1.05 bits per heavy atom. The zero-order valence-electron chi connectivity index (χ0n) is 24.4. The molecule has 11 heteroatoms. The van der Waals surface area contributed by atoms with E-state index in [1.807, 2.05) is 74.5 Å². The van der Waals surface area contributed by atoms with Crippen LogP contribution in [0, 0.1) is 16.0 Å². The zero-order valence-corrected chi connectivity index (χ0v) is 25.2. The number of carbonyl (C=O) groups excluding carboxylic acids is 3. The summed E-state index contributed by atoms with van der Waals surface area (Å²) in [7, 11) is 0. The van der Waals surface area contributed by atoms with Crippen molar-refractivity contribution >= 4 is 41.5 Å². The summed E-state index contributed by atoms with van der Waals surface area (Å²) in [5, 5.41) is 10.5. The Hall–Kier alpha value is -4.77. The summed E-state index contributed by atoms with van der Waals surface area (Å²) in [5.74, 6) is -1.53. The molecule has 5 rings (SSSR count). The number of amides is 1. The van der Waals surface area contributed by atoms with E-state index < -0.39 is 33.9 Å². The average Bonchev–Trinajstić information content (AvgIpc) is 3.03. The van der Waals surface area contributed by atoms with Crippen LogP contribution < -0.4 is 0 Å². The van der Waals surface area contributed by atoms with Crippen molar-refractivity contribution in [1.29, 1.82) is 0 Å². The largest absolute Gasteiger partial charge is 0.461 e. The minimum Gasteiger partial charge on any atom is -0.461 e. The molecule has 0 aromatic heterocycles. The van der Waals surface area contributed by atoms with Gasteiger partial charge in [-0.3, -0.25) is 29.6 Å². The fraction of sp³-hybridized carbons (Fsp3) is 0.273. The molecule has 1 fully saturated rings. The first kappa shape index (κ1) is 30.7. The lowest BCUT2D eigenvalue weighted by Crippen LogP contribution is -2.75. The van der Waals surface area contributed by atoms with Crippen LogP contribution in [0.1, 0.15) is 43.6 Å². The number of hydrogen-bond acceptors (Lipinski definition) is 9. The Morgan fingerprint density at radius 3 is 2.16 bits per heavy atom. The molecule has 1 saturated heterocycles. The minimum atomic E-state index is -1.19. The molecule has 2 atom stereocenters. The molecule has 1 unspecified atom stereocenters. The van der Waals surface area contributed by atoms with Gasteiger partial charge in [0.25, 0.3) is 11.6 Å². The van der Waals surface area contributed by atoms with E-state index in [-0.39, 0.29) is 29.8 Å². The number of β-lactam (4-membered cyclic amide) rings is 1. The normalized spacial score (nSPS) is 19.6. The standard InChI is InChI=1S/C33H31N3O7S/c1-21(2)33(34-18-23-14-16-27(17-15-23)36(40)41)31(39)35-28(26(19-42-22(3)37)20-44-32(33)35)30(38)43-29(24-10-6-4-7-11-24)25-12-8-5-9-13-25/h4-18,21,29,32H,19-20H2,1-3H3/t32-,33?/m1/s1. The molecule has 0 saturated carbocycles. The van der Waals surface area contributed by atoms with Crippen molar-refractivity contribution in [1.82, 2.24) is 4.90 Å². The lowest BCUT2D eigenvalue weighted by Gasteiger charge is -2.57. The summed E-state index contributed by atoms with van der Waals surface area (Å²) in [6.07, 6.45) is 0.794. The van der Waals surface area contributed by atoms with Gasteiger partial charge in [-0.1, -0.05) is 74.5 Å². The van der Waals surface area contributed by atoms with Crippen molar-refractivity contribution < 1.29 is 28.8 Å². The number of aliphatic imine (C=N–C) groups is 1. The summed E-state index contributed by atoms with van der Waals surface area (Å²) in [5.41, 5.74) is 1.40. The van der Waals surface area contributed by atoms with E-state index in [0.717, 1.165) is 11.1 Å². The highest BCUT2D eigenvalue weighted by atomic mass is 32.2. The van der Waals surface area contributed by atoms with E-state index in [2.05, 4.69) is 0 Å². The number of non-ortho nitro benzene ring substituents is 1. The van der Waals surface area contributed by atoms with E-state index in [9.17, 15) is 24.5 Å². The van der Waals surface area contributed by atoms with E-state index >= 15 is 0 Å². The molecule has 0 spiro atoms. The molecule has 2 aliphatic rings. The molecular formula is C33H31N3O7S. The fourth-order valence-electron chi connectivity index (χ4n) is 5.33. The van der Waals surface area contributed by atoms with Crippen molar-refractivity contribution in [3.05, 3.63) is 123 Å². The Bertz CT molecular complexity index is 1580. The van der Waals surface area contributed by atoms with Crippen LogP contribution >= 0.6 is 11.8 Å². The van der Waals surface area contributed by atoms with E-state index in [4.69, 9.17) is 14.5 Å². The van der Waals surface area contributed by atoms with Gasteiger partial charge in [-0.15, -0.1) is 11.8 Å². The molecule has 2 heterocycles. The van der Waals surface area contributed by atoms with Gasteiger partial charge in [0.05, 0.1) is 4.92 Å². The number of hydrogen-bond donors (Lipinski definition) is 0. The first-order valence-electron chi connectivity index (χ1n) is 14.0. The molecule has 0 radical (unpaired) electrons. The number of nitrogens with zero attached hydrogens (tertiary/aromatic N) is 3. The third kappa shape index (κ3) is 5.87. The average molecular weight is 614 g/mol. The zero-order chi connectivity index (χ0) is 31.4. The van der Waals surface area contributed by atoms with Gasteiger partial charge in [0.2, 0.25) is 0 Å². The predicted octanol–water partition coefficient (Wildman–Crippen LogP) is 5.47. The highest BCUT2D eigenvalue weighted by Gasteiger charge is 2.66. The van der Waals surface area contributed by atoms with Gasteiger partial charge in [0, 0.05) is 36.6 Å². The number of fused-ring (bicyclic) bond motifs is 1. The number of carbonyl (C=O) groups is 3. The maximum Gasteiger partial charge on any atom is 0.356 e. The molecule has 2 aliphatic heterocycles. The quantitative estimate of drug-likeness (QED) is 0.0968. The maximum atomic E-state index is 14.1. The highest BCUT2D eigenvalue weighted by Crippen LogP contribution is 2.52. The Kier molecular flexibility index (Phi) is 8.96. The van der Waals surface area contributed by atoms with Gasteiger partial charge < -0.3 is 9.47 Å². The molecule has 10 nitrogen and oxygen atoms in total. The summed E-state index contributed by atoms with van der Waals surface area (Å²) < 4.78 is 11.4. The van der Waals surface area contributed by atoms with Crippen LogP contribution in [-0.2, 0) is 23.9 Å². The summed E-state index contributed by atoms with van der Waals surface area (Å²) in [4.78, 5) is 56.6. The third-order valence-electron chi connectivity index (χ3n) is 7.65. The second kappa shape index (κ2) is 12.8.